The summed E-state index contributed by atoms with van der Waals surface area (Å²) >= 11 is 0. The predicted octanol–water partition coefficient (Wildman–Crippen LogP) is 1.11. The van der Waals surface area contributed by atoms with Crippen molar-refractivity contribution >= 4 is 12.0 Å². The minimum Gasteiger partial charge on any atom is -0.480 e. The summed E-state index contributed by atoms with van der Waals surface area (Å²) in [6.45, 7) is 3.27. The van der Waals surface area contributed by atoms with Gasteiger partial charge >= 0.3 is 12.0 Å². The summed E-state index contributed by atoms with van der Waals surface area (Å²) in [7, 11) is 0. The topological polar surface area (TPSA) is 87.7 Å². The van der Waals surface area contributed by atoms with Gasteiger partial charge in [0.25, 0.3) is 0 Å². The van der Waals surface area contributed by atoms with Crippen molar-refractivity contribution in [2.24, 2.45) is 0 Å². The van der Waals surface area contributed by atoms with Crippen LogP contribution in [0.1, 0.15) is 39.0 Å². The van der Waals surface area contributed by atoms with Crippen molar-refractivity contribution in [2.75, 3.05) is 13.2 Å². The van der Waals surface area contributed by atoms with Crippen LogP contribution in [0.15, 0.2) is 0 Å². The van der Waals surface area contributed by atoms with Gasteiger partial charge in [0.15, 0.2) is 0 Å². The fourth-order valence-electron chi connectivity index (χ4n) is 1.89. The van der Waals surface area contributed by atoms with Crippen LogP contribution in [0.25, 0.3) is 0 Å². The summed E-state index contributed by atoms with van der Waals surface area (Å²) in [5.41, 5.74) is 0. The maximum absolute atomic E-state index is 11.7. The Kier molecular flexibility index (Phi) is 6.49. The SMILES string of the molecule is CCCC[C@H](NC(=O)NC1CCOCC1)C(=O)O. The maximum atomic E-state index is 11.7. The van der Waals surface area contributed by atoms with Gasteiger partial charge in [-0.25, -0.2) is 9.59 Å². The molecule has 0 unspecified atom stereocenters. The van der Waals surface area contributed by atoms with Crippen molar-refractivity contribution in [1.82, 2.24) is 10.6 Å². The minimum atomic E-state index is -0.981. The summed E-state index contributed by atoms with van der Waals surface area (Å²) in [4.78, 5) is 22.6. The smallest absolute Gasteiger partial charge is 0.326 e. The second kappa shape index (κ2) is 7.92. The van der Waals surface area contributed by atoms with E-state index in [2.05, 4.69) is 10.6 Å². The third-order valence-electron chi connectivity index (χ3n) is 3.01. The number of hydrogen-bond donors (Lipinski definition) is 3. The summed E-state index contributed by atoms with van der Waals surface area (Å²) in [6, 6.07) is -1.12. The molecule has 2 amide bonds. The Morgan fingerprint density at radius 3 is 2.61 bits per heavy atom. The molecule has 1 aliphatic heterocycles. The van der Waals surface area contributed by atoms with E-state index in [0.29, 0.717) is 19.6 Å². The van der Waals surface area contributed by atoms with E-state index in [0.717, 1.165) is 25.7 Å². The number of carboxylic acid groups (broad SMARTS) is 1. The van der Waals surface area contributed by atoms with E-state index in [9.17, 15) is 9.59 Å². The van der Waals surface area contributed by atoms with Gasteiger partial charge in [0.2, 0.25) is 0 Å². The summed E-state index contributed by atoms with van der Waals surface area (Å²) < 4.78 is 5.19. The molecular formula is C12H22N2O4. The minimum absolute atomic E-state index is 0.0828. The van der Waals surface area contributed by atoms with Gasteiger partial charge < -0.3 is 20.5 Å². The number of nitrogens with one attached hydrogen (secondary N) is 2. The second-order valence-electron chi connectivity index (χ2n) is 4.54. The number of urea groups is 1. The monoisotopic (exact) mass is 258 g/mol. The van der Waals surface area contributed by atoms with E-state index in [-0.39, 0.29) is 6.04 Å². The van der Waals surface area contributed by atoms with Gasteiger partial charge in [0, 0.05) is 19.3 Å². The Morgan fingerprint density at radius 1 is 1.39 bits per heavy atom. The Labute approximate surface area is 107 Å². The zero-order valence-corrected chi connectivity index (χ0v) is 10.8. The van der Waals surface area contributed by atoms with Crippen LogP contribution in [0.2, 0.25) is 0 Å². The Balaban J connectivity index is 2.32. The lowest BCUT2D eigenvalue weighted by atomic mass is 10.1. The number of ether oxygens (including phenoxy) is 1. The molecule has 1 heterocycles. The molecule has 1 atom stereocenters. The van der Waals surface area contributed by atoms with Gasteiger partial charge in [-0.15, -0.1) is 0 Å². The van der Waals surface area contributed by atoms with E-state index in [1.165, 1.54) is 0 Å². The number of carboxylic acids is 1. The molecule has 6 heteroatoms. The third-order valence-corrected chi connectivity index (χ3v) is 3.01. The molecule has 0 radical (unpaired) electrons. The van der Waals surface area contributed by atoms with Crippen LogP contribution in [-0.2, 0) is 9.53 Å². The molecule has 0 aromatic rings. The highest BCUT2D eigenvalue weighted by Crippen LogP contribution is 2.06. The van der Waals surface area contributed by atoms with Gasteiger partial charge in [-0.2, -0.15) is 0 Å². The first-order valence-electron chi connectivity index (χ1n) is 6.51. The average molecular weight is 258 g/mol. The molecule has 0 aliphatic carbocycles. The van der Waals surface area contributed by atoms with Crippen LogP contribution in [-0.4, -0.2) is 42.4 Å². The molecule has 1 saturated heterocycles. The zero-order valence-electron chi connectivity index (χ0n) is 10.8. The Hall–Kier alpha value is -1.30. The number of carbonyl (C=O) groups excluding carboxylic acids is 1. The normalized spacial score (nSPS) is 18.1. The van der Waals surface area contributed by atoms with Crippen LogP contribution in [0, 0.1) is 0 Å². The van der Waals surface area contributed by atoms with Crippen molar-refractivity contribution in [3.8, 4) is 0 Å². The molecular weight excluding hydrogens is 236 g/mol. The van der Waals surface area contributed by atoms with Crippen molar-refractivity contribution in [3.05, 3.63) is 0 Å². The van der Waals surface area contributed by atoms with Gasteiger partial charge in [-0.05, 0) is 19.3 Å². The summed E-state index contributed by atoms with van der Waals surface area (Å²) in [6.07, 6.45) is 3.72. The molecule has 1 rings (SSSR count). The van der Waals surface area contributed by atoms with Gasteiger partial charge in [0.05, 0.1) is 0 Å². The molecule has 0 bridgehead atoms. The zero-order chi connectivity index (χ0) is 13.4. The molecule has 3 N–H and O–H groups in total. The lowest BCUT2D eigenvalue weighted by molar-refractivity contribution is -0.139. The van der Waals surface area contributed by atoms with E-state index >= 15 is 0 Å². The van der Waals surface area contributed by atoms with E-state index in [1.807, 2.05) is 6.92 Å². The van der Waals surface area contributed by atoms with Gasteiger partial charge in [-0.3, -0.25) is 0 Å². The van der Waals surface area contributed by atoms with Crippen molar-refractivity contribution in [1.29, 1.82) is 0 Å². The van der Waals surface area contributed by atoms with Gasteiger partial charge in [-0.1, -0.05) is 19.8 Å². The number of aliphatic carboxylic acids is 1. The van der Waals surface area contributed by atoms with Crippen LogP contribution < -0.4 is 10.6 Å². The molecule has 0 spiro atoms. The molecule has 1 fully saturated rings. The first-order chi connectivity index (χ1) is 8.63. The number of hydrogen-bond acceptors (Lipinski definition) is 3. The first-order valence-corrected chi connectivity index (χ1v) is 6.51. The van der Waals surface area contributed by atoms with E-state index in [4.69, 9.17) is 9.84 Å². The fraction of sp³-hybridized carbons (Fsp3) is 0.833. The molecule has 0 saturated carbocycles. The Bertz CT molecular complexity index is 277. The second-order valence-corrected chi connectivity index (χ2v) is 4.54. The predicted molar refractivity (Wildman–Crippen MR) is 66.5 cm³/mol. The Morgan fingerprint density at radius 2 is 2.06 bits per heavy atom. The highest BCUT2D eigenvalue weighted by Gasteiger charge is 2.21. The first kappa shape index (κ1) is 14.8. The molecule has 1 aliphatic rings. The highest BCUT2D eigenvalue weighted by molar-refractivity contribution is 5.82. The largest absolute Gasteiger partial charge is 0.480 e. The standard InChI is InChI=1S/C12H22N2O4/c1-2-3-4-10(11(15)16)14-12(17)13-9-5-7-18-8-6-9/h9-10H,2-8H2,1H3,(H,15,16)(H2,13,14,17)/t10-/m0/s1. The number of amides is 2. The van der Waals surface area contributed by atoms with Crippen LogP contribution in [0.5, 0.6) is 0 Å². The molecule has 0 aromatic heterocycles. The molecule has 0 aromatic carbocycles. The lowest BCUT2D eigenvalue weighted by Gasteiger charge is -2.24. The number of rotatable bonds is 6. The molecule has 6 nitrogen and oxygen atoms in total. The fourth-order valence-corrected chi connectivity index (χ4v) is 1.89. The number of unbranched alkanes of at least 4 members (excludes halogenated alkanes) is 1. The quantitative estimate of drug-likeness (QED) is 0.666. The molecule has 18 heavy (non-hydrogen) atoms. The summed E-state index contributed by atoms with van der Waals surface area (Å²) in [5.74, 6) is -0.981. The van der Waals surface area contributed by atoms with Crippen molar-refractivity contribution < 1.29 is 19.4 Å². The third kappa shape index (κ3) is 5.35. The lowest BCUT2D eigenvalue weighted by Crippen LogP contribution is -2.50. The van der Waals surface area contributed by atoms with Crippen molar-refractivity contribution in [3.63, 3.8) is 0 Å². The van der Waals surface area contributed by atoms with Gasteiger partial charge in [0.1, 0.15) is 6.04 Å². The van der Waals surface area contributed by atoms with Crippen molar-refractivity contribution in [2.45, 2.75) is 51.1 Å². The summed E-state index contributed by atoms with van der Waals surface area (Å²) in [5, 5.41) is 14.3. The van der Waals surface area contributed by atoms with Crippen LogP contribution in [0.3, 0.4) is 0 Å². The maximum Gasteiger partial charge on any atom is 0.326 e. The number of carbonyl (C=O) groups is 2. The van der Waals surface area contributed by atoms with E-state index < -0.39 is 18.0 Å². The van der Waals surface area contributed by atoms with Crippen LogP contribution in [0.4, 0.5) is 4.79 Å². The molecule has 104 valence electrons. The highest BCUT2D eigenvalue weighted by atomic mass is 16.5. The van der Waals surface area contributed by atoms with Crippen LogP contribution >= 0.6 is 0 Å². The van der Waals surface area contributed by atoms with E-state index in [1.54, 1.807) is 0 Å². The average Bonchev–Trinajstić information content (AvgIpc) is 2.35.